The van der Waals surface area contributed by atoms with E-state index in [-0.39, 0.29) is 0 Å². The van der Waals surface area contributed by atoms with E-state index in [9.17, 15) is 0 Å². The normalized spacial score (nSPS) is 9.93. The Morgan fingerprint density at radius 3 is 2.80 bits per heavy atom. The number of nitriles is 1. The summed E-state index contributed by atoms with van der Waals surface area (Å²) < 4.78 is 2.68. The van der Waals surface area contributed by atoms with Crippen LogP contribution < -0.4 is 0 Å². The highest BCUT2D eigenvalue weighted by Gasteiger charge is 2.06. The molecule has 15 heavy (non-hydrogen) atoms. The summed E-state index contributed by atoms with van der Waals surface area (Å²) in [5.41, 5.74) is 1.38. The lowest BCUT2D eigenvalue weighted by Gasteiger charge is -2.07. The smallest absolute Gasteiger partial charge is 0.124 e. The number of halogens is 2. The molecule has 1 aromatic heterocycles. The monoisotopic (exact) mass is 280 g/mol. The Bertz CT molecular complexity index is 540. The van der Waals surface area contributed by atoms with Crippen molar-refractivity contribution in [2.45, 2.75) is 0 Å². The largest absolute Gasteiger partial charge is 0.307 e. The van der Waals surface area contributed by atoms with Gasteiger partial charge in [0.1, 0.15) is 11.8 Å². The summed E-state index contributed by atoms with van der Waals surface area (Å²) in [5, 5.41) is 9.50. The van der Waals surface area contributed by atoms with Gasteiger partial charge in [-0.2, -0.15) is 5.26 Å². The first-order valence-electron chi connectivity index (χ1n) is 4.25. The summed E-state index contributed by atoms with van der Waals surface area (Å²) >= 11 is 9.43. The van der Waals surface area contributed by atoms with Crippen molar-refractivity contribution in [2.24, 2.45) is 0 Å². The minimum atomic E-state index is 0.569. The van der Waals surface area contributed by atoms with E-state index in [4.69, 9.17) is 16.9 Å². The van der Waals surface area contributed by atoms with Crippen LogP contribution in [0.15, 0.2) is 41.0 Å². The summed E-state index contributed by atoms with van der Waals surface area (Å²) in [5.74, 6) is 0. The fourth-order valence-electron chi connectivity index (χ4n) is 1.36. The minimum absolute atomic E-state index is 0.569. The van der Waals surface area contributed by atoms with Crippen molar-refractivity contribution in [1.29, 1.82) is 5.26 Å². The molecule has 0 radical (unpaired) electrons. The molecule has 4 heteroatoms. The van der Waals surface area contributed by atoms with Crippen LogP contribution in [0.2, 0.25) is 5.02 Å². The van der Waals surface area contributed by atoms with Crippen LogP contribution in [0.3, 0.4) is 0 Å². The van der Waals surface area contributed by atoms with Gasteiger partial charge in [-0.3, -0.25) is 0 Å². The Labute approximate surface area is 101 Å². The fourth-order valence-corrected chi connectivity index (χ4v) is 2.12. The number of nitrogens with zero attached hydrogens (tertiary/aromatic N) is 2. The predicted molar refractivity (Wildman–Crippen MR) is 63.2 cm³/mol. The highest BCUT2D eigenvalue weighted by molar-refractivity contribution is 9.10. The van der Waals surface area contributed by atoms with Crippen molar-refractivity contribution in [3.63, 3.8) is 0 Å². The lowest BCUT2D eigenvalue weighted by molar-refractivity contribution is 1.05. The molecule has 0 N–H and O–H groups in total. The Balaban J connectivity index is 2.60. The molecule has 2 rings (SSSR count). The van der Waals surface area contributed by atoms with Crippen molar-refractivity contribution in [1.82, 2.24) is 4.57 Å². The van der Waals surface area contributed by atoms with E-state index in [1.165, 1.54) is 0 Å². The quantitative estimate of drug-likeness (QED) is 0.782. The van der Waals surface area contributed by atoms with Crippen molar-refractivity contribution < 1.29 is 0 Å². The Hall–Kier alpha value is -1.24. The van der Waals surface area contributed by atoms with Crippen molar-refractivity contribution in [3.05, 3.63) is 51.7 Å². The summed E-state index contributed by atoms with van der Waals surface area (Å²) in [6.07, 6.45) is 1.81. The minimum Gasteiger partial charge on any atom is -0.307 e. The fraction of sp³-hybridized carbons (Fsp3) is 0. The average Bonchev–Trinajstić information content (AvgIpc) is 2.65. The first-order chi connectivity index (χ1) is 7.22. The zero-order chi connectivity index (χ0) is 10.8. The molecule has 2 nitrogen and oxygen atoms in total. The van der Waals surface area contributed by atoms with Crippen LogP contribution in [0.5, 0.6) is 0 Å². The topological polar surface area (TPSA) is 28.7 Å². The van der Waals surface area contributed by atoms with Crippen LogP contribution >= 0.6 is 27.5 Å². The van der Waals surface area contributed by atoms with Crippen LogP contribution in [-0.2, 0) is 0 Å². The maximum atomic E-state index is 8.89. The lowest BCUT2D eigenvalue weighted by atomic mass is 10.3. The molecule has 0 saturated carbocycles. The lowest BCUT2D eigenvalue weighted by Crippen LogP contribution is -1.95. The van der Waals surface area contributed by atoms with Gasteiger partial charge in [0, 0.05) is 10.7 Å². The second kappa shape index (κ2) is 4.09. The van der Waals surface area contributed by atoms with Crippen LogP contribution in [-0.4, -0.2) is 4.57 Å². The first kappa shape index (κ1) is 10.3. The Kier molecular flexibility index (Phi) is 2.81. The molecule has 1 aromatic carbocycles. The summed E-state index contributed by atoms with van der Waals surface area (Å²) in [6.45, 7) is 0. The van der Waals surface area contributed by atoms with Crippen molar-refractivity contribution >= 4 is 27.5 Å². The van der Waals surface area contributed by atoms with Gasteiger partial charge in [0.25, 0.3) is 0 Å². The molecule has 0 bridgehead atoms. The van der Waals surface area contributed by atoms with Gasteiger partial charge >= 0.3 is 0 Å². The predicted octanol–water partition coefficient (Wildman–Crippen LogP) is 3.76. The number of hydrogen-bond acceptors (Lipinski definition) is 1. The maximum Gasteiger partial charge on any atom is 0.124 e. The molecule has 0 aliphatic carbocycles. The summed E-state index contributed by atoms with van der Waals surface area (Å²) in [7, 11) is 0. The van der Waals surface area contributed by atoms with Gasteiger partial charge in [-0.15, -0.1) is 0 Å². The van der Waals surface area contributed by atoms with Crippen molar-refractivity contribution in [2.75, 3.05) is 0 Å². The van der Waals surface area contributed by atoms with Gasteiger partial charge in [0.05, 0.1) is 10.7 Å². The van der Waals surface area contributed by atoms with E-state index in [1.807, 2.05) is 24.4 Å². The summed E-state index contributed by atoms with van der Waals surface area (Å²) in [6, 6.07) is 11.2. The molecule has 74 valence electrons. The van der Waals surface area contributed by atoms with Crippen LogP contribution in [0.4, 0.5) is 0 Å². The maximum absolute atomic E-state index is 8.89. The third kappa shape index (κ3) is 1.92. The van der Waals surface area contributed by atoms with Gasteiger partial charge in [-0.25, -0.2) is 0 Å². The van der Waals surface area contributed by atoms with Crippen LogP contribution in [0, 0.1) is 11.3 Å². The standard InChI is InChI=1S/C11H6BrClN2/c12-8-3-4-11(10(13)6-8)15-5-1-2-9(15)7-14/h1-6H. The SMILES string of the molecule is N#Cc1cccn1-c1ccc(Br)cc1Cl. The van der Waals surface area contributed by atoms with Gasteiger partial charge in [-0.05, 0) is 30.3 Å². The second-order valence-electron chi connectivity index (χ2n) is 2.97. The van der Waals surface area contributed by atoms with E-state index in [1.54, 1.807) is 16.7 Å². The number of aromatic nitrogens is 1. The number of benzene rings is 1. The third-order valence-corrected chi connectivity index (χ3v) is 2.83. The molecule has 2 aromatic rings. The Morgan fingerprint density at radius 2 is 2.13 bits per heavy atom. The van der Waals surface area contributed by atoms with Gasteiger partial charge in [0.2, 0.25) is 0 Å². The number of rotatable bonds is 1. The van der Waals surface area contributed by atoms with E-state index in [0.717, 1.165) is 10.2 Å². The zero-order valence-corrected chi connectivity index (χ0v) is 9.96. The van der Waals surface area contributed by atoms with Gasteiger partial charge in [-0.1, -0.05) is 27.5 Å². The molecule has 0 saturated heterocycles. The molecule has 0 unspecified atom stereocenters. The van der Waals surface area contributed by atoms with Crippen LogP contribution in [0.25, 0.3) is 5.69 Å². The molecular formula is C11H6BrClN2. The molecule has 0 fully saturated rings. The highest BCUT2D eigenvalue weighted by Crippen LogP contribution is 2.25. The molecule has 0 atom stereocenters. The molecule has 0 aliphatic rings. The molecule has 0 aliphatic heterocycles. The van der Waals surface area contributed by atoms with E-state index in [2.05, 4.69) is 22.0 Å². The van der Waals surface area contributed by atoms with Gasteiger partial charge < -0.3 is 4.57 Å². The second-order valence-corrected chi connectivity index (χ2v) is 4.29. The van der Waals surface area contributed by atoms with E-state index in [0.29, 0.717) is 10.7 Å². The zero-order valence-electron chi connectivity index (χ0n) is 7.61. The highest BCUT2D eigenvalue weighted by atomic mass is 79.9. The van der Waals surface area contributed by atoms with Gasteiger partial charge in [0.15, 0.2) is 0 Å². The Morgan fingerprint density at radius 1 is 1.33 bits per heavy atom. The van der Waals surface area contributed by atoms with E-state index < -0.39 is 0 Å². The number of hydrogen-bond donors (Lipinski definition) is 0. The van der Waals surface area contributed by atoms with E-state index >= 15 is 0 Å². The molecule has 1 heterocycles. The molecule has 0 spiro atoms. The first-order valence-corrected chi connectivity index (χ1v) is 5.42. The third-order valence-electron chi connectivity index (χ3n) is 2.03. The summed E-state index contributed by atoms with van der Waals surface area (Å²) in [4.78, 5) is 0. The molecule has 0 amide bonds. The molecular weight excluding hydrogens is 275 g/mol. The average molecular weight is 282 g/mol. The van der Waals surface area contributed by atoms with Crippen LogP contribution in [0.1, 0.15) is 5.69 Å². The van der Waals surface area contributed by atoms with Crippen molar-refractivity contribution in [3.8, 4) is 11.8 Å².